The topological polar surface area (TPSA) is 58.0 Å². The molecule has 0 fully saturated rings. The lowest BCUT2D eigenvalue weighted by Crippen LogP contribution is -2.09. The Morgan fingerprint density at radius 2 is 2.19 bits per heavy atom. The monoisotopic (exact) mass is 241 g/mol. The lowest BCUT2D eigenvalue weighted by molar-refractivity contribution is 0.296. The van der Waals surface area contributed by atoms with Crippen molar-refractivity contribution in [1.82, 2.24) is 9.97 Å². The summed E-state index contributed by atoms with van der Waals surface area (Å²) in [5.74, 6) is 2.91. The Hall–Kier alpha value is -0.810. The molecule has 0 bridgehead atoms. The van der Waals surface area contributed by atoms with E-state index in [9.17, 15) is 0 Å². The minimum absolute atomic E-state index is 0.281. The van der Waals surface area contributed by atoms with Crippen molar-refractivity contribution in [3.8, 4) is 0 Å². The molecule has 1 aromatic rings. The summed E-state index contributed by atoms with van der Waals surface area (Å²) in [4.78, 5) is 8.63. The van der Waals surface area contributed by atoms with Gasteiger partial charge >= 0.3 is 0 Å². The molecule has 0 aliphatic rings. The van der Waals surface area contributed by atoms with Gasteiger partial charge in [0.15, 0.2) is 0 Å². The number of hydrogen-bond donors (Lipinski definition) is 2. The molecular weight excluding hydrogens is 222 g/mol. The smallest absolute Gasteiger partial charge is 0.147 e. The maximum Gasteiger partial charge on any atom is 0.147 e. The molecular formula is C11H19N3OS. The van der Waals surface area contributed by atoms with E-state index >= 15 is 0 Å². The highest BCUT2D eigenvalue weighted by molar-refractivity contribution is 7.99. The number of anilines is 1. The predicted molar refractivity (Wildman–Crippen MR) is 69.0 cm³/mol. The summed E-state index contributed by atoms with van der Waals surface area (Å²) in [5.41, 5.74) is 1.87. The van der Waals surface area contributed by atoms with Crippen LogP contribution in [0.3, 0.4) is 0 Å². The summed E-state index contributed by atoms with van der Waals surface area (Å²) in [6, 6.07) is 0. The van der Waals surface area contributed by atoms with Crippen LogP contribution >= 0.6 is 11.8 Å². The fourth-order valence-electron chi connectivity index (χ4n) is 1.22. The SMILES string of the molecule is Cc1cnc(C)c(NCCSCCCO)n1. The van der Waals surface area contributed by atoms with E-state index in [1.165, 1.54) is 0 Å². The summed E-state index contributed by atoms with van der Waals surface area (Å²) in [5, 5.41) is 11.9. The third-order valence-electron chi connectivity index (χ3n) is 2.06. The van der Waals surface area contributed by atoms with Crippen LogP contribution in [0, 0.1) is 13.8 Å². The third kappa shape index (κ3) is 4.81. The highest BCUT2D eigenvalue weighted by Gasteiger charge is 2.00. The molecule has 90 valence electrons. The second-order valence-electron chi connectivity index (χ2n) is 3.56. The fourth-order valence-corrected chi connectivity index (χ4v) is 2.00. The van der Waals surface area contributed by atoms with Gasteiger partial charge in [-0.25, -0.2) is 4.98 Å². The van der Waals surface area contributed by atoms with Crippen LogP contribution in [0.2, 0.25) is 0 Å². The summed E-state index contributed by atoms with van der Waals surface area (Å²) >= 11 is 1.84. The van der Waals surface area contributed by atoms with Crippen molar-refractivity contribution >= 4 is 17.6 Å². The van der Waals surface area contributed by atoms with Crippen LogP contribution in [-0.4, -0.2) is 39.7 Å². The molecule has 0 atom stereocenters. The molecule has 16 heavy (non-hydrogen) atoms. The molecule has 0 saturated carbocycles. The van der Waals surface area contributed by atoms with Gasteiger partial charge in [0.25, 0.3) is 0 Å². The average molecular weight is 241 g/mol. The Kier molecular flexibility index (Phi) is 6.18. The zero-order valence-electron chi connectivity index (χ0n) is 9.86. The molecule has 4 nitrogen and oxygen atoms in total. The molecule has 0 unspecified atom stereocenters. The van der Waals surface area contributed by atoms with Gasteiger partial charge in [0.1, 0.15) is 5.82 Å². The number of nitrogens with zero attached hydrogens (tertiary/aromatic N) is 2. The Labute approximate surface area is 101 Å². The number of hydrogen-bond acceptors (Lipinski definition) is 5. The molecule has 1 heterocycles. The van der Waals surface area contributed by atoms with Gasteiger partial charge in [-0.2, -0.15) is 11.8 Å². The molecule has 0 amide bonds. The lowest BCUT2D eigenvalue weighted by atomic mass is 10.4. The first-order valence-electron chi connectivity index (χ1n) is 5.46. The van der Waals surface area contributed by atoms with E-state index in [2.05, 4.69) is 15.3 Å². The highest BCUT2D eigenvalue weighted by atomic mass is 32.2. The van der Waals surface area contributed by atoms with Gasteiger partial charge in [0.05, 0.1) is 11.4 Å². The number of rotatable bonds is 7. The van der Waals surface area contributed by atoms with E-state index in [1.807, 2.05) is 25.6 Å². The highest BCUT2D eigenvalue weighted by Crippen LogP contribution is 2.09. The molecule has 1 rings (SSSR count). The van der Waals surface area contributed by atoms with Crippen LogP contribution in [0.1, 0.15) is 17.8 Å². The summed E-state index contributed by atoms with van der Waals surface area (Å²) in [7, 11) is 0. The van der Waals surface area contributed by atoms with Gasteiger partial charge in [0.2, 0.25) is 0 Å². The zero-order valence-corrected chi connectivity index (χ0v) is 10.7. The molecule has 0 spiro atoms. The number of aromatic nitrogens is 2. The maximum atomic E-state index is 8.62. The van der Waals surface area contributed by atoms with Crippen molar-refractivity contribution < 1.29 is 5.11 Å². The van der Waals surface area contributed by atoms with E-state index in [0.29, 0.717) is 0 Å². The normalized spacial score (nSPS) is 10.4. The minimum Gasteiger partial charge on any atom is -0.396 e. The first kappa shape index (κ1) is 13.3. The quantitative estimate of drug-likeness (QED) is 0.710. The second-order valence-corrected chi connectivity index (χ2v) is 4.79. The van der Waals surface area contributed by atoms with Crippen molar-refractivity contribution in [1.29, 1.82) is 0 Å². The Morgan fingerprint density at radius 3 is 2.94 bits per heavy atom. The Balaban J connectivity index is 2.23. The molecule has 5 heteroatoms. The van der Waals surface area contributed by atoms with Crippen LogP contribution in [0.15, 0.2) is 6.20 Å². The first-order chi connectivity index (χ1) is 7.74. The maximum absolute atomic E-state index is 8.62. The van der Waals surface area contributed by atoms with E-state index in [0.717, 1.165) is 41.7 Å². The van der Waals surface area contributed by atoms with Crippen molar-refractivity contribution in [2.45, 2.75) is 20.3 Å². The van der Waals surface area contributed by atoms with Gasteiger partial charge in [-0.15, -0.1) is 0 Å². The van der Waals surface area contributed by atoms with Crippen molar-refractivity contribution in [3.63, 3.8) is 0 Å². The van der Waals surface area contributed by atoms with E-state index in [4.69, 9.17) is 5.11 Å². The zero-order chi connectivity index (χ0) is 11.8. The number of aryl methyl sites for hydroxylation is 2. The fraction of sp³-hybridized carbons (Fsp3) is 0.636. The van der Waals surface area contributed by atoms with Crippen LogP contribution in [-0.2, 0) is 0 Å². The lowest BCUT2D eigenvalue weighted by Gasteiger charge is -2.08. The number of aliphatic hydroxyl groups is 1. The van der Waals surface area contributed by atoms with E-state index < -0.39 is 0 Å². The third-order valence-corrected chi connectivity index (χ3v) is 3.13. The van der Waals surface area contributed by atoms with Crippen LogP contribution < -0.4 is 5.32 Å². The Morgan fingerprint density at radius 1 is 1.38 bits per heavy atom. The summed E-state index contributed by atoms with van der Waals surface area (Å²) in [6.07, 6.45) is 2.64. The molecule has 2 N–H and O–H groups in total. The largest absolute Gasteiger partial charge is 0.396 e. The van der Waals surface area contributed by atoms with Crippen LogP contribution in [0.5, 0.6) is 0 Å². The molecule has 0 saturated heterocycles. The van der Waals surface area contributed by atoms with E-state index in [1.54, 1.807) is 6.20 Å². The molecule has 0 aromatic carbocycles. The standard InChI is InChI=1S/C11H19N3OS/c1-9-8-13-10(2)11(14-9)12-4-7-16-6-3-5-15/h8,15H,3-7H2,1-2H3,(H,12,14). The average Bonchev–Trinajstić information content (AvgIpc) is 2.28. The van der Waals surface area contributed by atoms with E-state index in [-0.39, 0.29) is 6.61 Å². The van der Waals surface area contributed by atoms with Crippen molar-refractivity contribution in [2.24, 2.45) is 0 Å². The van der Waals surface area contributed by atoms with Crippen molar-refractivity contribution in [3.05, 3.63) is 17.6 Å². The molecule has 0 aliphatic carbocycles. The number of aliphatic hydroxyl groups excluding tert-OH is 1. The van der Waals surface area contributed by atoms with Gasteiger partial charge in [0, 0.05) is 25.1 Å². The minimum atomic E-state index is 0.281. The van der Waals surface area contributed by atoms with Gasteiger partial charge in [-0.3, -0.25) is 4.98 Å². The second kappa shape index (κ2) is 7.46. The molecule has 1 aromatic heterocycles. The first-order valence-corrected chi connectivity index (χ1v) is 6.62. The summed E-state index contributed by atoms with van der Waals surface area (Å²) < 4.78 is 0. The van der Waals surface area contributed by atoms with Crippen molar-refractivity contribution in [2.75, 3.05) is 30.0 Å². The van der Waals surface area contributed by atoms with Crippen LogP contribution in [0.25, 0.3) is 0 Å². The number of thioether (sulfide) groups is 1. The molecule has 0 aliphatic heterocycles. The number of nitrogens with one attached hydrogen (secondary N) is 1. The van der Waals surface area contributed by atoms with Gasteiger partial charge < -0.3 is 10.4 Å². The molecule has 0 radical (unpaired) electrons. The predicted octanol–water partition coefficient (Wildman–Crippen LogP) is 1.62. The summed E-state index contributed by atoms with van der Waals surface area (Å²) in [6.45, 7) is 5.05. The van der Waals surface area contributed by atoms with Crippen LogP contribution in [0.4, 0.5) is 5.82 Å². The Bertz CT molecular complexity index is 320. The van der Waals surface area contributed by atoms with Gasteiger partial charge in [-0.1, -0.05) is 0 Å². The van der Waals surface area contributed by atoms with Gasteiger partial charge in [-0.05, 0) is 26.0 Å².